The Bertz CT molecular complexity index is 754. The van der Waals surface area contributed by atoms with Gasteiger partial charge >= 0.3 is 17.6 Å². The smallest absolute Gasteiger partial charge is 0.349 e. The quantitative estimate of drug-likeness (QED) is 0.424. The summed E-state index contributed by atoms with van der Waals surface area (Å²) in [5.41, 5.74) is 4.81. The van der Waals surface area contributed by atoms with Gasteiger partial charge in [0.2, 0.25) is 0 Å². The molecule has 0 aromatic carbocycles. The Hall–Kier alpha value is -2.27. The summed E-state index contributed by atoms with van der Waals surface area (Å²) in [5.74, 6) is -2.76. The van der Waals surface area contributed by atoms with Crippen molar-refractivity contribution in [2.24, 2.45) is 0 Å². The maximum absolute atomic E-state index is 12.4. The molecule has 0 spiro atoms. The topological polar surface area (TPSA) is 183 Å². The molecule has 1 aliphatic heterocycles. The fraction of sp³-hybridized carbons (Fsp3) is 0.500. The predicted octanol–water partition coefficient (Wildman–Crippen LogP) is -1.09. The molecular formula is C12H17N4O8P. The van der Waals surface area contributed by atoms with Crippen LogP contribution in [0.2, 0.25) is 0 Å². The number of nitrogens with zero attached hydrogens (tertiary/aromatic N) is 2. The minimum Gasteiger partial charge on any atom is -0.481 e. The highest BCUT2D eigenvalue weighted by Gasteiger charge is 2.37. The maximum atomic E-state index is 12.4. The summed E-state index contributed by atoms with van der Waals surface area (Å²) in [6.07, 6.45) is -0.417. The van der Waals surface area contributed by atoms with E-state index in [4.69, 9.17) is 25.2 Å². The summed E-state index contributed by atoms with van der Waals surface area (Å²) < 4.78 is 24.2. The lowest BCUT2D eigenvalue weighted by molar-refractivity contribution is -0.145. The van der Waals surface area contributed by atoms with E-state index in [0.717, 1.165) is 0 Å². The molecule has 0 amide bonds. The largest absolute Gasteiger partial charge is 0.481 e. The molecule has 0 radical (unpaired) electrons. The molecule has 1 aliphatic rings. The Balaban J connectivity index is 1.95. The monoisotopic (exact) mass is 376 g/mol. The van der Waals surface area contributed by atoms with Crippen LogP contribution in [0.4, 0.5) is 5.82 Å². The zero-order valence-electron chi connectivity index (χ0n) is 12.9. The number of aromatic nitrogens is 2. The van der Waals surface area contributed by atoms with Crippen LogP contribution in [-0.2, 0) is 30.0 Å². The number of aliphatic carboxylic acids is 2. The van der Waals surface area contributed by atoms with Gasteiger partial charge in [0.05, 0.1) is 19.6 Å². The van der Waals surface area contributed by atoms with E-state index in [1.165, 1.54) is 16.8 Å². The molecule has 12 nitrogen and oxygen atoms in total. The highest BCUT2D eigenvalue weighted by Crippen LogP contribution is 2.46. The standard InChI is InChI=1S/C12H17N4O8P/c13-9-1-2-16(12(21)14-9)4-7-5-24-25(22,6-23-7)15-8(11(19)20)3-10(17)18/h1-2,7-8H,3-6H2,(H,15,22)(H,17,18)(H,19,20)(H2,13,14,21)/t7-,8+,25?/m1/s1. The fourth-order valence-corrected chi connectivity index (χ4v) is 3.79. The zero-order chi connectivity index (χ0) is 18.6. The van der Waals surface area contributed by atoms with Crippen LogP contribution in [0.3, 0.4) is 0 Å². The Morgan fingerprint density at radius 3 is 2.76 bits per heavy atom. The van der Waals surface area contributed by atoms with Crippen LogP contribution in [0.25, 0.3) is 0 Å². The molecule has 1 aromatic heterocycles. The molecule has 1 fully saturated rings. The number of nitrogens with two attached hydrogens (primary N) is 1. The molecule has 5 N–H and O–H groups in total. The molecule has 1 unspecified atom stereocenters. The third-order valence-electron chi connectivity index (χ3n) is 3.27. The molecule has 25 heavy (non-hydrogen) atoms. The van der Waals surface area contributed by atoms with Gasteiger partial charge in [0.15, 0.2) is 0 Å². The second-order valence-corrected chi connectivity index (χ2v) is 7.41. The molecule has 1 aromatic rings. The average molecular weight is 376 g/mol. The van der Waals surface area contributed by atoms with Gasteiger partial charge in [-0.15, -0.1) is 0 Å². The van der Waals surface area contributed by atoms with Gasteiger partial charge in [-0.25, -0.2) is 9.88 Å². The molecule has 0 aliphatic carbocycles. The zero-order valence-corrected chi connectivity index (χ0v) is 13.8. The van der Waals surface area contributed by atoms with Crippen LogP contribution in [0.15, 0.2) is 17.1 Å². The van der Waals surface area contributed by atoms with Crippen molar-refractivity contribution < 1.29 is 33.6 Å². The molecule has 0 saturated carbocycles. The first-order valence-electron chi connectivity index (χ1n) is 7.09. The molecule has 13 heteroatoms. The molecule has 2 rings (SSSR count). The fourth-order valence-electron chi connectivity index (χ4n) is 2.07. The number of carboxylic acid groups (broad SMARTS) is 2. The number of anilines is 1. The Kier molecular flexibility index (Phi) is 5.90. The lowest BCUT2D eigenvalue weighted by atomic mass is 10.2. The van der Waals surface area contributed by atoms with Gasteiger partial charge in [0, 0.05) is 6.20 Å². The Morgan fingerprint density at radius 1 is 1.52 bits per heavy atom. The van der Waals surface area contributed by atoms with Gasteiger partial charge in [0.1, 0.15) is 24.3 Å². The van der Waals surface area contributed by atoms with Crippen LogP contribution in [0.1, 0.15) is 6.42 Å². The number of rotatable bonds is 7. The number of carboxylic acids is 2. The van der Waals surface area contributed by atoms with Crippen molar-refractivity contribution in [2.45, 2.75) is 25.1 Å². The summed E-state index contributed by atoms with van der Waals surface area (Å²) in [7, 11) is -3.68. The minimum absolute atomic E-state index is 0.0730. The van der Waals surface area contributed by atoms with Gasteiger partial charge in [-0.1, -0.05) is 0 Å². The first-order valence-corrected chi connectivity index (χ1v) is 8.90. The van der Waals surface area contributed by atoms with E-state index in [9.17, 15) is 18.9 Å². The minimum atomic E-state index is -3.68. The summed E-state index contributed by atoms with van der Waals surface area (Å²) in [4.78, 5) is 36.9. The van der Waals surface area contributed by atoms with Crippen molar-refractivity contribution in [3.8, 4) is 0 Å². The predicted molar refractivity (Wildman–Crippen MR) is 83.0 cm³/mol. The van der Waals surface area contributed by atoms with Gasteiger partial charge in [-0.3, -0.25) is 18.7 Å². The molecule has 1 saturated heterocycles. The van der Waals surface area contributed by atoms with E-state index >= 15 is 0 Å². The first-order chi connectivity index (χ1) is 11.7. The first kappa shape index (κ1) is 19.1. The van der Waals surface area contributed by atoms with Crippen molar-refractivity contribution in [2.75, 3.05) is 18.7 Å². The number of hydrogen-bond acceptors (Lipinski definition) is 8. The van der Waals surface area contributed by atoms with Gasteiger partial charge < -0.3 is 25.2 Å². The average Bonchev–Trinajstić information content (AvgIpc) is 2.51. The third-order valence-corrected chi connectivity index (χ3v) is 5.03. The van der Waals surface area contributed by atoms with Crippen molar-refractivity contribution in [1.29, 1.82) is 0 Å². The van der Waals surface area contributed by atoms with E-state index in [1.807, 2.05) is 0 Å². The highest BCUT2D eigenvalue weighted by atomic mass is 31.2. The normalized spacial score (nSPS) is 24.6. The van der Waals surface area contributed by atoms with Crippen LogP contribution < -0.4 is 16.5 Å². The van der Waals surface area contributed by atoms with Gasteiger partial charge in [0.25, 0.3) is 7.52 Å². The molecule has 2 heterocycles. The third kappa shape index (κ3) is 5.36. The lowest BCUT2D eigenvalue weighted by Gasteiger charge is -2.31. The second-order valence-electron chi connectivity index (χ2n) is 5.29. The maximum Gasteiger partial charge on any atom is 0.349 e. The number of hydrogen-bond donors (Lipinski definition) is 4. The summed E-state index contributed by atoms with van der Waals surface area (Å²) in [6, 6.07) is -0.145. The van der Waals surface area contributed by atoms with E-state index in [0.29, 0.717) is 0 Å². The van der Waals surface area contributed by atoms with Crippen LogP contribution in [-0.4, -0.2) is 56.8 Å². The van der Waals surface area contributed by atoms with Crippen molar-refractivity contribution in [3.05, 3.63) is 22.7 Å². The number of ether oxygens (including phenoxy) is 1. The molecule has 138 valence electrons. The van der Waals surface area contributed by atoms with Gasteiger partial charge in [-0.05, 0) is 6.07 Å². The summed E-state index contributed by atoms with van der Waals surface area (Å²) in [6.45, 7) is -0.107. The summed E-state index contributed by atoms with van der Waals surface area (Å²) >= 11 is 0. The number of nitrogen functional groups attached to an aromatic ring is 1. The number of carbonyl (C=O) groups is 2. The Labute approximate surface area is 141 Å². The Morgan fingerprint density at radius 2 is 2.24 bits per heavy atom. The second kappa shape index (κ2) is 7.74. The molecule has 0 bridgehead atoms. The van der Waals surface area contributed by atoms with E-state index in [-0.39, 0.29) is 19.0 Å². The van der Waals surface area contributed by atoms with E-state index in [1.54, 1.807) is 0 Å². The lowest BCUT2D eigenvalue weighted by Crippen LogP contribution is -2.41. The highest BCUT2D eigenvalue weighted by molar-refractivity contribution is 7.56. The van der Waals surface area contributed by atoms with Crippen LogP contribution >= 0.6 is 7.52 Å². The molecule has 3 atom stereocenters. The number of nitrogens with one attached hydrogen (secondary N) is 1. The van der Waals surface area contributed by atoms with Crippen molar-refractivity contribution in [3.63, 3.8) is 0 Å². The van der Waals surface area contributed by atoms with E-state index < -0.39 is 50.1 Å². The van der Waals surface area contributed by atoms with Crippen molar-refractivity contribution >= 4 is 25.3 Å². The SMILES string of the molecule is Nc1ccn(C[C@@H]2COP(=O)(N[C@@H](CC(=O)O)C(=O)O)CO2)c(=O)n1. The van der Waals surface area contributed by atoms with Crippen molar-refractivity contribution in [1.82, 2.24) is 14.6 Å². The van der Waals surface area contributed by atoms with Gasteiger partial charge in [-0.2, -0.15) is 4.98 Å². The van der Waals surface area contributed by atoms with E-state index in [2.05, 4.69) is 10.1 Å². The molecular weight excluding hydrogens is 359 g/mol. The van der Waals surface area contributed by atoms with Crippen LogP contribution in [0.5, 0.6) is 0 Å². The summed E-state index contributed by atoms with van der Waals surface area (Å²) in [5, 5.41) is 19.9. The van der Waals surface area contributed by atoms with Crippen LogP contribution in [0, 0.1) is 0 Å².